The molecule has 0 spiro atoms. The molecule has 0 saturated carbocycles. The first-order valence-corrected chi connectivity index (χ1v) is 6.05. The molecule has 1 heterocycles. The number of benzene rings is 1. The van der Waals surface area contributed by atoms with Crippen LogP contribution in [0.1, 0.15) is 13.8 Å². The summed E-state index contributed by atoms with van der Waals surface area (Å²) in [4.78, 5) is 22.9. The molecule has 0 aliphatic heterocycles. The predicted molar refractivity (Wildman–Crippen MR) is 71.2 cm³/mol. The molecule has 0 saturated heterocycles. The fourth-order valence-corrected chi connectivity index (χ4v) is 1.80. The Morgan fingerprint density at radius 2 is 2.26 bits per heavy atom. The number of aromatic nitrogens is 1. The molecule has 1 aromatic heterocycles. The Labute approximate surface area is 110 Å². The third-order valence-electron chi connectivity index (χ3n) is 2.82. The minimum absolute atomic E-state index is 0.322. The van der Waals surface area contributed by atoms with Crippen LogP contribution in [0.5, 0.6) is 0 Å². The summed E-state index contributed by atoms with van der Waals surface area (Å²) < 4.78 is 11.4. The monoisotopic (exact) mass is 264 g/mol. The lowest BCUT2D eigenvalue weighted by atomic mass is 10.2. The van der Waals surface area contributed by atoms with Crippen molar-refractivity contribution < 1.29 is 13.9 Å². The van der Waals surface area contributed by atoms with Crippen molar-refractivity contribution in [2.75, 3.05) is 11.9 Å². The van der Waals surface area contributed by atoms with Crippen molar-refractivity contribution >= 4 is 22.8 Å². The van der Waals surface area contributed by atoms with Gasteiger partial charge in [-0.05, 0) is 26.0 Å². The van der Waals surface area contributed by atoms with E-state index in [0.717, 1.165) is 0 Å². The van der Waals surface area contributed by atoms with Crippen molar-refractivity contribution in [3.05, 3.63) is 28.7 Å². The molecular weight excluding hydrogens is 248 g/mol. The third-order valence-corrected chi connectivity index (χ3v) is 2.82. The summed E-state index contributed by atoms with van der Waals surface area (Å²) in [5.41, 5.74) is 1.88. The number of fused-ring (bicyclic) bond motifs is 1. The van der Waals surface area contributed by atoms with Gasteiger partial charge in [-0.2, -0.15) is 0 Å². The number of carbonyl (C=O) groups excluding carboxylic acids is 1. The minimum Gasteiger partial charge on any atom is -0.464 e. The van der Waals surface area contributed by atoms with Gasteiger partial charge in [0.25, 0.3) is 0 Å². The molecule has 1 aromatic carbocycles. The molecular formula is C13H16N2O4. The molecule has 2 rings (SSSR count). The Bertz CT molecular complexity index is 656. The van der Waals surface area contributed by atoms with Gasteiger partial charge in [0.1, 0.15) is 6.04 Å². The molecule has 0 aliphatic carbocycles. The van der Waals surface area contributed by atoms with Crippen molar-refractivity contribution in [2.24, 2.45) is 7.05 Å². The number of carbonyl (C=O) groups is 1. The quantitative estimate of drug-likeness (QED) is 0.847. The van der Waals surface area contributed by atoms with E-state index in [1.807, 2.05) is 0 Å². The zero-order valence-electron chi connectivity index (χ0n) is 11.1. The lowest BCUT2D eigenvalue weighted by Crippen LogP contribution is -2.28. The van der Waals surface area contributed by atoms with Gasteiger partial charge in [-0.25, -0.2) is 9.59 Å². The molecule has 0 bridgehead atoms. The molecule has 0 unspecified atom stereocenters. The normalized spacial score (nSPS) is 12.4. The van der Waals surface area contributed by atoms with Crippen LogP contribution in [0.15, 0.2) is 27.4 Å². The van der Waals surface area contributed by atoms with E-state index < -0.39 is 11.8 Å². The van der Waals surface area contributed by atoms with Gasteiger partial charge in [-0.3, -0.25) is 4.57 Å². The van der Waals surface area contributed by atoms with Gasteiger partial charge in [-0.15, -0.1) is 0 Å². The highest BCUT2D eigenvalue weighted by Gasteiger charge is 2.14. The SMILES string of the molecule is CCOC(=O)[C@@H](C)Nc1ccc2c(c1)oc(=O)n2C. The van der Waals surface area contributed by atoms with E-state index >= 15 is 0 Å². The second-order valence-electron chi connectivity index (χ2n) is 4.23. The minimum atomic E-state index is -0.465. The van der Waals surface area contributed by atoms with Gasteiger partial charge in [0.15, 0.2) is 5.58 Å². The van der Waals surface area contributed by atoms with E-state index in [4.69, 9.17) is 9.15 Å². The van der Waals surface area contributed by atoms with Crippen LogP contribution in [-0.4, -0.2) is 23.2 Å². The van der Waals surface area contributed by atoms with Crippen LogP contribution in [0.2, 0.25) is 0 Å². The third kappa shape index (κ3) is 2.62. The topological polar surface area (TPSA) is 73.5 Å². The highest BCUT2D eigenvalue weighted by molar-refractivity contribution is 5.81. The number of hydrogen-bond donors (Lipinski definition) is 1. The first-order chi connectivity index (χ1) is 9.02. The number of esters is 1. The Hall–Kier alpha value is -2.24. The number of anilines is 1. The molecule has 0 aliphatic rings. The highest BCUT2D eigenvalue weighted by atomic mass is 16.5. The zero-order valence-corrected chi connectivity index (χ0v) is 11.1. The second kappa shape index (κ2) is 5.17. The average molecular weight is 264 g/mol. The van der Waals surface area contributed by atoms with E-state index in [2.05, 4.69) is 5.32 Å². The summed E-state index contributed by atoms with van der Waals surface area (Å²) in [6.45, 7) is 3.82. The van der Waals surface area contributed by atoms with E-state index in [9.17, 15) is 9.59 Å². The number of rotatable bonds is 4. The fourth-order valence-electron chi connectivity index (χ4n) is 1.80. The molecule has 0 fully saturated rings. The highest BCUT2D eigenvalue weighted by Crippen LogP contribution is 2.18. The Morgan fingerprint density at radius 3 is 2.95 bits per heavy atom. The molecule has 0 radical (unpaired) electrons. The van der Waals surface area contributed by atoms with Gasteiger partial charge in [0.2, 0.25) is 0 Å². The summed E-state index contributed by atoms with van der Waals surface area (Å²) in [5.74, 6) is -0.734. The first-order valence-electron chi connectivity index (χ1n) is 6.05. The maximum absolute atomic E-state index is 11.5. The summed E-state index contributed by atoms with van der Waals surface area (Å²) in [7, 11) is 1.64. The van der Waals surface area contributed by atoms with Gasteiger partial charge < -0.3 is 14.5 Å². The smallest absolute Gasteiger partial charge is 0.419 e. The Kier molecular flexibility index (Phi) is 3.59. The van der Waals surface area contributed by atoms with Crippen LogP contribution >= 0.6 is 0 Å². The van der Waals surface area contributed by atoms with Gasteiger partial charge in [-0.1, -0.05) is 0 Å². The zero-order chi connectivity index (χ0) is 14.0. The Morgan fingerprint density at radius 1 is 1.53 bits per heavy atom. The molecule has 0 amide bonds. The number of hydrogen-bond acceptors (Lipinski definition) is 5. The predicted octanol–water partition coefficient (Wildman–Crippen LogP) is 1.49. The van der Waals surface area contributed by atoms with Crippen LogP contribution in [0.25, 0.3) is 11.1 Å². The van der Waals surface area contributed by atoms with Crippen LogP contribution in [0.3, 0.4) is 0 Å². The average Bonchev–Trinajstić information content (AvgIpc) is 2.65. The van der Waals surface area contributed by atoms with Crippen molar-refractivity contribution in [3.8, 4) is 0 Å². The summed E-state index contributed by atoms with van der Waals surface area (Å²) in [6, 6.07) is 4.77. The lowest BCUT2D eigenvalue weighted by molar-refractivity contribution is -0.143. The summed E-state index contributed by atoms with van der Waals surface area (Å²) >= 11 is 0. The number of ether oxygens (including phenoxy) is 1. The lowest BCUT2D eigenvalue weighted by Gasteiger charge is -2.13. The van der Waals surface area contributed by atoms with Crippen molar-refractivity contribution in [3.63, 3.8) is 0 Å². The maximum atomic E-state index is 11.5. The fraction of sp³-hybridized carbons (Fsp3) is 0.385. The van der Waals surface area contributed by atoms with Crippen molar-refractivity contribution in [2.45, 2.75) is 19.9 Å². The Balaban J connectivity index is 2.22. The molecule has 19 heavy (non-hydrogen) atoms. The van der Waals surface area contributed by atoms with Crippen LogP contribution < -0.4 is 11.1 Å². The number of nitrogens with one attached hydrogen (secondary N) is 1. The van der Waals surface area contributed by atoms with Crippen molar-refractivity contribution in [1.82, 2.24) is 4.57 Å². The number of oxazole rings is 1. The van der Waals surface area contributed by atoms with Gasteiger partial charge in [0, 0.05) is 18.8 Å². The second-order valence-corrected chi connectivity index (χ2v) is 4.23. The van der Waals surface area contributed by atoms with Crippen LogP contribution in [0.4, 0.5) is 5.69 Å². The largest absolute Gasteiger partial charge is 0.464 e. The number of aryl methyl sites for hydroxylation is 1. The van der Waals surface area contributed by atoms with Gasteiger partial charge in [0.05, 0.1) is 12.1 Å². The van der Waals surface area contributed by atoms with Crippen LogP contribution in [0, 0.1) is 0 Å². The first kappa shape index (κ1) is 13.2. The molecule has 1 atom stereocenters. The summed E-state index contributed by atoms with van der Waals surface area (Å²) in [6.07, 6.45) is 0. The molecule has 6 heteroatoms. The maximum Gasteiger partial charge on any atom is 0.419 e. The van der Waals surface area contributed by atoms with E-state index in [1.165, 1.54) is 4.57 Å². The van der Waals surface area contributed by atoms with Crippen molar-refractivity contribution in [1.29, 1.82) is 0 Å². The van der Waals surface area contributed by atoms with E-state index in [0.29, 0.717) is 23.4 Å². The molecule has 1 N–H and O–H groups in total. The summed E-state index contributed by atoms with van der Waals surface area (Å²) in [5, 5.41) is 3.00. The van der Waals surface area contributed by atoms with E-state index in [1.54, 1.807) is 39.1 Å². The standard InChI is InChI=1S/C13H16N2O4/c1-4-18-12(16)8(2)14-9-5-6-10-11(7-9)19-13(17)15(10)3/h5-8,14H,4H2,1-3H3/t8-/m1/s1. The van der Waals surface area contributed by atoms with Gasteiger partial charge >= 0.3 is 11.7 Å². The molecule has 6 nitrogen and oxygen atoms in total. The van der Waals surface area contributed by atoms with Crippen LogP contribution in [-0.2, 0) is 16.6 Å². The molecule has 102 valence electrons. The van der Waals surface area contributed by atoms with E-state index in [-0.39, 0.29) is 5.97 Å². The molecule has 2 aromatic rings. The number of nitrogens with zero attached hydrogens (tertiary/aromatic N) is 1.